The molecule has 0 aromatic rings. The quantitative estimate of drug-likeness (QED) is 0.524. The second-order valence-corrected chi connectivity index (χ2v) is 10.2. The van der Waals surface area contributed by atoms with E-state index in [0.717, 1.165) is 6.42 Å². The molecule has 142 valence electrons. The SMILES string of the molecule is C[C@@H]1C(=O)[C@]23[C@H](O)C[C@H]4C(C)(C)CC[C@@H](O)[C@@]4(C)[C@H]2[C@@H](O)C[C@@H]1[C@H]3O. The first-order chi connectivity index (χ1) is 11.5. The molecule has 10 atom stereocenters. The molecule has 0 radical (unpaired) electrons. The Hall–Kier alpha value is -0.490. The number of fused-ring (bicyclic) bond motifs is 3. The summed E-state index contributed by atoms with van der Waals surface area (Å²) >= 11 is 0. The van der Waals surface area contributed by atoms with E-state index >= 15 is 0 Å². The van der Waals surface area contributed by atoms with Gasteiger partial charge in [0.1, 0.15) is 5.78 Å². The minimum Gasteiger partial charge on any atom is -0.393 e. The Morgan fingerprint density at radius 1 is 1.00 bits per heavy atom. The Bertz CT molecular complexity index is 603. The van der Waals surface area contributed by atoms with E-state index in [9.17, 15) is 25.2 Å². The van der Waals surface area contributed by atoms with Gasteiger partial charge >= 0.3 is 0 Å². The summed E-state index contributed by atoms with van der Waals surface area (Å²) in [5.74, 6) is -1.39. The maximum atomic E-state index is 13.3. The molecule has 25 heavy (non-hydrogen) atoms. The molecule has 4 aliphatic carbocycles. The first-order valence-electron chi connectivity index (χ1n) is 9.77. The fraction of sp³-hybridized carbons (Fsp3) is 0.950. The van der Waals surface area contributed by atoms with E-state index < -0.39 is 41.2 Å². The van der Waals surface area contributed by atoms with Crippen LogP contribution < -0.4 is 0 Å². The van der Waals surface area contributed by atoms with Gasteiger partial charge in [0, 0.05) is 17.3 Å². The molecule has 0 amide bonds. The highest BCUT2D eigenvalue weighted by atomic mass is 16.3. The number of carbonyl (C=O) groups is 1. The van der Waals surface area contributed by atoms with Gasteiger partial charge in [-0.25, -0.2) is 0 Å². The molecule has 4 saturated carbocycles. The van der Waals surface area contributed by atoms with Gasteiger partial charge in [-0.2, -0.15) is 0 Å². The van der Waals surface area contributed by atoms with Crippen molar-refractivity contribution in [2.45, 2.75) is 77.8 Å². The highest BCUT2D eigenvalue weighted by Crippen LogP contribution is 2.71. The molecular weight excluding hydrogens is 320 g/mol. The molecule has 5 heteroatoms. The number of carbonyl (C=O) groups excluding carboxylic acids is 1. The maximum absolute atomic E-state index is 13.3. The number of rotatable bonds is 0. The molecule has 4 aliphatic rings. The first kappa shape index (κ1) is 17.9. The topological polar surface area (TPSA) is 98.0 Å². The molecule has 1 spiro atoms. The lowest BCUT2D eigenvalue weighted by Gasteiger charge is -2.67. The molecule has 4 fully saturated rings. The van der Waals surface area contributed by atoms with Gasteiger partial charge in [-0.1, -0.05) is 27.7 Å². The average molecular weight is 352 g/mol. The van der Waals surface area contributed by atoms with Crippen molar-refractivity contribution in [2.24, 2.45) is 39.9 Å². The second kappa shape index (κ2) is 5.06. The molecule has 0 aliphatic heterocycles. The van der Waals surface area contributed by atoms with Crippen molar-refractivity contribution in [3.63, 3.8) is 0 Å². The van der Waals surface area contributed by atoms with Crippen LogP contribution in [0, 0.1) is 39.9 Å². The smallest absolute Gasteiger partial charge is 0.147 e. The molecule has 4 N–H and O–H groups in total. The summed E-state index contributed by atoms with van der Waals surface area (Å²) in [5.41, 5.74) is -2.11. The van der Waals surface area contributed by atoms with Gasteiger partial charge in [0.2, 0.25) is 0 Å². The molecule has 0 aromatic carbocycles. The molecule has 0 unspecified atom stereocenters. The van der Waals surface area contributed by atoms with Crippen LogP contribution in [-0.4, -0.2) is 50.6 Å². The Morgan fingerprint density at radius 3 is 2.28 bits per heavy atom. The van der Waals surface area contributed by atoms with Crippen molar-refractivity contribution >= 4 is 5.78 Å². The van der Waals surface area contributed by atoms with Gasteiger partial charge in [-0.15, -0.1) is 0 Å². The first-order valence-corrected chi connectivity index (χ1v) is 9.77. The third-order valence-corrected chi connectivity index (χ3v) is 8.95. The van der Waals surface area contributed by atoms with Crippen LogP contribution in [0.2, 0.25) is 0 Å². The standard InChI is InChI=1S/C20H32O5/c1-9-10-7-11(21)15-19(4)12(18(2,3)6-5-13(19)22)8-14(23)20(15,16(9)24)17(10)25/h9-15,17,21-23,25H,5-8H2,1-4H3/t9-,10-,11-,12-,13+,14+,15+,17+,19-,20-/m0/s1. The van der Waals surface area contributed by atoms with Crippen LogP contribution in [0.4, 0.5) is 0 Å². The molecule has 0 heterocycles. The third kappa shape index (κ3) is 1.81. The van der Waals surface area contributed by atoms with Crippen LogP contribution in [0.1, 0.15) is 53.4 Å². The van der Waals surface area contributed by atoms with Crippen LogP contribution in [0.5, 0.6) is 0 Å². The molecular formula is C20H32O5. The van der Waals surface area contributed by atoms with Crippen molar-refractivity contribution in [1.29, 1.82) is 0 Å². The van der Waals surface area contributed by atoms with Gasteiger partial charge in [0.25, 0.3) is 0 Å². The Kier molecular flexibility index (Phi) is 3.62. The van der Waals surface area contributed by atoms with Crippen molar-refractivity contribution in [3.8, 4) is 0 Å². The van der Waals surface area contributed by atoms with Gasteiger partial charge in [-0.3, -0.25) is 4.79 Å². The summed E-state index contributed by atoms with van der Waals surface area (Å²) in [6.45, 7) is 8.09. The summed E-state index contributed by atoms with van der Waals surface area (Å²) in [7, 11) is 0. The lowest BCUT2D eigenvalue weighted by atomic mass is 9.38. The monoisotopic (exact) mass is 352 g/mol. The Morgan fingerprint density at radius 2 is 1.64 bits per heavy atom. The number of ketones is 1. The van der Waals surface area contributed by atoms with E-state index in [2.05, 4.69) is 13.8 Å². The summed E-state index contributed by atoms with van der Waals surface area (Å²) < 4.78 is 0. The second-order valence-electron chi connectivity index (χ2n) is 10.2. The zero-order valence-electron chi connectivity index (χ0n) is 15.6. The van der Waals surface area contributed by atoms with Crippen LogP contribution in [0.3, 0.4) is 0 Å². The van der Waals surface area contributed by atoms with Gasteiger partial charge in [0.05, 0.1) is 29.8 Å². The molecule has 4 rings (SSSR count). The van der Waals surface area contributed by atoms with Gasteiger partial charge in [0.15, 0.2) is 0 Å². The molecule has 0 aromatic heterocycles. The highest BCUT2D eigenvalue weighted by Gasteiger charge is 2.77. The van der Waals surface area contributed by atoms with E-state index in [4.69, 9.17) is 0 Å². The van der Waals surface area contributed by atoms with Crippen LogP contribution in [-0.2, 0) is 4.79 Å². The third-order valence-electron chi connectivity index (χ3n) is 8.95. The van der Waals surface area contributed by atoms with Crippen molar-refractivity contribution < 1.29 is 25.2 Å². The summed E-state index contributed by atoms with van der Waals surface area (Å²) in [5, 5.41) is 44.3. The van der Waals surface area contributed by atoms with Crippen LogP contribution in [0.15, 0.2) is 0 Å². The summed E-state index contributed by atoms with van der Waals surface area (Å²) in [4.78, 5) is 13.3. The van der Waals surface area contributed by atoms with Crippen LogP contribution >= 0.6 is 0 Å². The fourth-order valence-corrected chi connectivity index (χ4v) is 7.75. The highest BCUT2D eigenvalue weighted by molar-refractivity contribution is 5.92. The number of aliphatic hydroxyl groups is 4. The number of hydrogen-bond acceptors (Lipinski definition) is 5. The largest absolute Gasteiger partial charge is 0.393 e. The minimum absolute atomic E-state index is 0.00326. The number of Topliss-reactive ketones (excluding diaryl/α,β-unsaturated/α-hetero) is 1. The van der Waals surface area contributed by atoms with Gasteiger partial charge < -0.3 is 20.4 Å². The predicted octanol–water partition coefficient (Wildman–Crippen LogP) is 1.12. The Balaban J connectivity index is 1.94. The van der Waals surface area contributed by atoms with E-state index in [0.29, 0.717) is 19.3 Å². The normalized spacial score (nSPS) is 60.1. The number of hydrogen-bond donors (Lipinski definition) is 4. The summed E-state index contributed by atoms with van der Waals surface area (Å²) in [6.07, 6.45) is -1.09. The zero-order chi connectivity index (χ0) is 18.5. The fourth-order valence-electron chi connectivity index (χ4n) is 7.75. The Labute approximate surface area is 149 Å². The van der Waals surface area contributed by atoms with E-state index in [-0.39, 0.29) is 29.0 Å². The van der Waals surface area contributed by atoms with Crippen molar-refractivity contribution in [2.75, 3.05) is 0 Å². The minimum atomic E-state index is -1.33. The predicted molar refractivity (Wildman–Crippen MR) is 91.5 cm³/mol. The van der Waals surface area contributed by atoms with Crippen molar-refractivity contribution in [1.82, 2.24) is 0 Å². The lowest BCUT2D eigenvalue weighted by Crippen LogP contribution is -2.72. The average Bonchev–Trinajstić information content (AvgIpc) is 2.65. The molecule has 2 bridgehead atoms. The van der Waals surface area contributed by atoms with Crippen LogP contribution in [0.25, 0.3) is 0 Å². The number of aliphatic hydroxyl groups excluding tert-OH is 4. The van der Waals surface area contributed by atoms with E-state index in [1.165, 1.54) is 0 Å². The summed E-state index contributed by atoms with van der Waals surface area (Å²) in [6, 6.07) is 0. The maximum Gasteiger partial charge on any atom is 0.147 e. The van der Waals surface area contributed by atoms with E-state index in [1.54, 1.807) is 0 Å². The zero-order valence-corrected chi connectivity index (χ0v) is 15.6. The van der Waals surface area contributed by atoms with Gasteiger partial charge in [-0.05, 0) is 42.9 Å². The molecule has 5 nitrogen and oxygen atoms in total. The van der Waals surface area contributed by atoms with E-state index in [1.807, 2.05) is 13.8 Å². The van der Waals surface area contributed by atoms with Crippen molar-refractivity contribution in [3.05, 3.63) is 0 Å². The lowest BCUT2D eigenvalue weighted by molar-refractivity contribution is -0.274. The molecule has 0 saturated heterocycles.